The lowest BCUT2D eigenvalue weighted by Gasteiger charge is -2.17. The van der Waals surface area contributed by atoms with E-state index in [-0.39, 0.29) is 24.8 Å². The Bertz CT molecular complexity index is 844. The highest BCUT2D eigenvalue weighted by molar-refractivity contribution is 5.98. The molecule has 1 aromatic carbocycles. The molecule has 1 atom stereocenters. The Morgan fingerprint density at radius 2 is 2.12 bits per heavy atom. The van der Waals surface area contributed by atoms with Gasteiger partial charge in [-0.1, -0.05) is 18.2 Å². The molecule has 0 saturated heterocycles. The minimum atomic E-state index is -0.993. The number of rotatable bonds is 4. The lowest BCUT2D eigenvalue weighted by Crippen LogP contribution is -2.34. The molecule has 1 N–H and O–H groups in total. The van der Waals surface area contributed by atoms with Gasteiger partial charge in [-0.2, -0.15) is 0 Å². The molecule has 1 aliphatic heterocycles. The molecule has 1 unspecified atom stereocenters. The van der Waals surface area contributed by atoms with Crippen LogP contribution in [0.15, 0.2) is 30.5 Å². The number of hydrogen-bond acceptors (Lipinski definition) is 5. The molecule has 0 bridgehead atoms. The van der Waals surface area contributed by atoms with Crippen LogP contribution in [0.3, 0.4) is 0 Å². The van der Waals surface area contributed by atoms with Crippen LogP contribution in [0.4, 0.5) is 11.5 Å². The molecule has 9 nitrogen and oxygen atoms in total. The fourth-order valence-electron chi connectivity index (χ4n) is 2.83. The first kappa shape index (κ1) is 15.7. The predicted molar refractivity (Wildman–Crippen MR) is 82.8 cm³/mol. The Balaban J connectivity index is 1.86. The van der Waals surface area contributed by atoms with E-state index < -0.39 is 16.8 Å². The maximum Gasteiger partial charge on any atom is 0.381 e. The number of fused-ring (bicyclic) bond motifs is 1. The van der Waals surface area contributed by atoms with Gasteiger partial charge in [0.25, 0.3) is 0 Å². The molecular weight excluding hydrogens is 316 g/mol. The summed E-state index contributed by atoms with van der Waals surface area (Å²) >= 11 is 0. The Hall–Kier alpha value is -3.23. The number of imidazole rings is 1. The number of carboxylic acid groups (broad SMARTS) is 1. The van der Waals surface area contributed by atoms with Crippen molar-refractivity contribution in [1.82, 2.24) is 9.55 Å². The van der Waals surface area contributed by atoms with Crippen molar-refractivity contribution in [2.24, 2.45) is 0 Å². The van der Waals surface area contributed by atoms with E-state index in [2.05, 4.69) is 4.98 Å². The molecular formula is C15H14N4O5. The van der Waals surface area contributed by atoms with Gasteiger partial charge in [-0.25, -0.2) is 0 Å². The summed E-state index contributed by atoms with van der Waals surface area (Å²) < 4.78 is 1.39. The molecule has 124 valence electrons. The number of carbonyl (C=O) groups is 2. The average molecular weight is 330 g/mol. The van der Waals surface area contributed by atoms with E-state index >= 15 is 0 Å². The molecule has 3 rings (SSSR count). The van der Waals surface area contributed by atoms with E-state index in [4.69, 9.17) is 0 Å². The molecule has 1 amide bonds. The fourth-order valence-corrected chi connectivity index (χ4v) is 2.83. The van der Waals surface area contributed by atoms with Crippen LogP contribution in [-0.2, 0) is 16.1 Å². The highest BCUT2D eigenvalue weighted by Gasteiger charge is 2.36. The molecule has 24 heavy (non-hydrogen) atoms. The number of anilines is 1. The first-order chi connectivity index (χ1) is 11.4. The summed E-state index contributed by atoms with van der Waals surface area (Å²) in [4.78, 5) is 39.3. The zero-order valence-electron chi connectivity index (χ0n) is 12.7. The number of amides is 1. The maximum absolute atomic E-state index is 12.6. The van der Waals surface area contributed by atoms with E-state index in [9.17, 15) is 24.8 Å². The van der Waals surface area contributed by atoms with Crippen molar-refractivity contribution < 1.29 is 19.6 Å². The van der Waals surface area contributed by atoms with Crippen molar-refractivity contribution in [3.8, 4) is 0 Å². The van der Waals surface area contributed by atoms with Crippen molar-refractivity contribution in [2.75, 3.05) is 11.4 Å². The quantitative estimate of drug-likeness (QED) is 0.667. The number of aliphatic carboxylic acids is 1. The number of hydrogen-bond donors (Lipinski definition) is 1. The molecule has 1 aromatic heterocycles. The van der Waals surface area contributed by atoms with Gasteiger partial charge in [0.2, 0.25) is 11.7 Å². The number of benzene rings is 1. The summed E-state index contributed by atoms with van der Waals surface area (Å²) in [7, 11) is 0. The van der Waals surface area contributed by atoms with Crippen molar-refractivity contribution >= 4 is 23.4 Å². The third kappa shape index (κ3) is 2.60. The third-order valence-corrected chi connectivity index (χ3v) is 4.02. The average Bonchev–Trinajstić information content (AvgIpc) is 3.09. The predicted octanol–water partition coefficient (Wildman–Crippen LogP) is 1.31. The van der Waals surface area contributed by atoms with Crippen LogP contribution in [0.25, 0.3) is 0 Å². The van der Waals surface area contributed by atoms with Gasteiger partial charge in [0.05, 0.1) is 0 Å². The van der Waals surface area contributed by atoms with E-state index in [1.165, 1.54) is 15.7 Å². The number of nitrogens with zero attached hydrogens (tertiary/aromatic N) is 4. The normalized spacial score (nSPS) is 16.0. The number of aryl methyl sites for hydroxylation is 1. The van der Waals surface area contributed by atoms with Crippen LogP contribution in [-0.4, -0.2) is 38.0 Å². The molecule has 0 fully saturated rings. The standard InChI is InChI=1S/C15H14N4O5/c1-9-16-13(19(23)24)7-17(9)8-14(20)18-6-11(15(21)22)10-4-2-3-5-12(10)18/h2-5,7,11H,6,8H2,1H3,(H,21,22). The number of nitro groups is 1. The summed E-state index contributed by atoms with van der Waals surface area (Å²) in [6.45, 7) is 1.47. The second-order valence-electron chi connectivity index (χ2n) is 5.49. The monoisotopic (exact) mass is 330 g/mol. The topological polar surface area (TPSA) is 119 Å². The van der Waals surface area contributed by atoms with Crippen molar-refractivity contribution in [3.63, 3.8) is 0 Å². The van der Waals surface area contributed by atoms with Crippen LogP contribution in [0.1, 0.15) is 17.3 Å². The minimum Gasteiger partial charge on any atom is -0.481 e. The second kappa shape index (κ2) is 5.76. The van der Waals surface area contributed by atoms with Crippen LogP contribution in [0.2, 0.25) is 0 Å². The Labute approximate surface area is 136 Å². The summed E-state index contributed by atoms with van der Waals surface area (Å²) in [6, 6.07) is 6.84. The van der Waals surface area contributed by atoms with Crippen LogP contribution >= 0.6 is 0 Å². The fraction of sp³-hybridized carbons (Fsp3) is 0.267. The molecule has 0 saturated carbocycles. The molecule has 1 aliphatic rings. The minimum absolute atomic E-state index is 0.0450. The van der Waals surface area contributed by atoms with Gasteiger partial charge >= 0.3 is 11.8 Å². The summed E-state index contributed by atoms with van der Waals surface area (Å²) in [5.41, 5.74) is 1.15. The van der Waals surface area contributed by atoms with Crippen molar-refractivity contribution in [1.29, 1.82) is 0 Å². The SMILES string of the molecule is Cc1nc([N+](=O)[O-])cn1CC(=O)N1CC(C(=O)O)c2ccccc21. The van der Waals surface area contributed by atoms with Gasteiger partial charge in [-0.05, 0) is 21.5 Å². The zero-order chi connectivity index (χ0) is 17.4. The van der Waals surface area contributed by atoms with Gasteiger partial charge in [0.1, 0.15) is 18.7 Å². The van der Waals surface area contributed by atoms with Gasteiger partial charge in [0, 0.05) is 19.2 Å². The largest absolute Gasteiger partial charge is 0.481 e. The molecule has 0 radical (unpaired) electrons. The third-order valence-electron chi connectivity index (χ3n) is 4.02. The van der Waals surface area contributed by atoms with E-state index in [1.54, 1.807) is 31.2 Å². The Morgan fingerprint density at radius 3 is 2.75 bits per heavy atom. The summed E-state index contributed by atoms with van der Waals surface area (Å²) in [5, 5.41) is 20.1. The Morgan fingerprint density at radius 1 is 1.42 bits per heavy atom. The van der Waals surface area contributed by atoms with E-state index in [0.29, 0.717) is 17.1 Å². The lowest BCUT2D eigenvalue weighted by molar-refractivity contribution is -0.389. The van der Waals surface area contributed by atoms with E-state index in [0.717, 1.165) is 0 Å². The van der Waals surface area contributed by atoms with Crippen LogP contribution < -0.4 is 4.90 Å². The number of carbonyl (C=O) groups excluding carboxylic acids is 1. The molecule has 0 spiro atoms. The highest BCUT2D eigenvalue weighted by atomic mass is 16.6. The van der Waals surface area contributed by atoms with Crippen LogP contribution in [0, 0.1) is 17.0 Å². The van der Waals surface area contributed by atoms with Crippen molar-refractivity contribution in [3.05, 3.63) is 52.0 Å². The first-order valence-electron chi connectivity index (χ1n) is 7.18. The van der Waals surface area contributed by atoms with Crippen LogP contribution in [0.5, 0.6) is 0 Å². The summed E-state index contributed by atoms with van der Waals surface area (Å²) in [5.74, 6) is -2.10. The van der Waals surface area contributed by atoms with E-state index in [1.807, 2.05) is 0 Å². The number of carboxylic acids is 1. The summed E-state index contributed by atoms with van der Waals surface area (Å²) in [6.07, 6.45) is 1.20. The molecule has 0 aliphatic carbocycles. The van der Waals surface area contributed by atoms with Gasteiger partial charge in [-0.15, -0.1) is 0 Å². The highest BCUT2D eigenvalue weighted by Crippen LogP contribution is 2.36. The van der Waals surface area contributed by atoms with Gasteiger partial charge in [0.15, 0.2) is 0 Å². The zero-order valence-corrected chi connectivity index (χ0v) is 12.7. The second-order valence-corrected chi connectivity index (χ2v) is 5.49. The van der Waals surface area contributed by atoms with Crippen molar-refractivity contribution in [2.45, 2.75) is 19.4 Å². The lowest BCUT2D eigenvalue weighted by atomic mass is 10.0. The smallest absolute Gasteiger partial charge is 0.381 e. The van der Waals surface area contributed by atoms with Gasteiger partial charge in [-0.3, -0.25) is 14.2 Å². The van der Waals surface area contributed by atoms with Gasteiger partial charge < -0.3 is 20.1 Å². The number of aromatic nitrogens is 2. The molecule has 2 aromatic rings. The maximum atomic E-state index is 12.6. The Kier molecular flexibility index (Phi) is 3.76. The molecule has 9 heteroatoms. The molecule has 2 heterocycles. The first-order valence-corrected chi connectivity index (χ1v) is 7.18. The number of para-hydroxylation sites is 1.